The molecule has 0 aliphatic carbocycles. The minimum atomic E-state index is -1.82. The lowest BCUT2D eigenvalue weighted by molar-refractivity contribution is -0.159. The standard InChI is InChI=1S/C5H11NO2.C2H2O4/c1-3(2)4(6)5(7)8;3-1(4)2(5)6/h3-4H,6H2,1-2H3,(H,7,8);(H,3,4)(H,5,6)/t4-;/m0./s1. The predicted octanol–water partition coefficient (Wildman–Crippen LogP) is -0.790. The summed E-state index contributed by atoms with van der Waals surface area (Å²) in [5.41, 5.74) is 5.16. The van der Waals surface area contributed by atoms with Gasteiger partial charge in [0.25, 0.3) is 0 Å². The third-order valence-electron chi connectivity index (χ3n) is 1.19. The van der Waals surface area contributed by atoms with Crippen LogP contribution in [0.15, 0.2) is 0 Å². The van der Waals surface area contributed by atoms with Crippen molar-refractivity contribution < 1.29 is 29.7 Å². The van der Waals surface area contributed by atoms with E-state index in [9.17, 15) is 4.79 Å². The Hall–Kier alpha value is -1.63. The molecule has 7 heteroatoms. The fourth-order valence-electron chi connectivity index (χ4n) is 0.285. The van der Waals surface area contributed by atoms with Crippen molar-refractivity contribution in [1.82, 2.24) is 0 Å². The summed E-state index contributed by atoms with van der Waals surface area (Å²) in [5.74, 6) is -4.56. The van der Waals surface area contributed by atoms with Gasteiger partial charge in [-0.1, -0.05) is 13.8 Å². The van der Waals surface area contributed by atoms with Gasteiger partial charge < -0.3 is 21.1 Å². The predicted molar refractivity (Wildman–Crippen MR) is 45.7 cm³/mol. The van der Waals surface area contributed by atoms with Crippen LogP contribution in [0, 0.1) is 5.92 Å². The molecule has 7 nitrogen and oxygen atoms in total. The molecule has 0 rings (SSSR count). The number of carboxylic acids is 3. The number of rotatable bonds is 2. The molecule has 0 aliphatic rings. The van der Waals surface area contributed by atoms with E-state index in [4.69, 9.17) is 30.6 Å². The molecule has 0 saturated heterocycles. The van der Waals surface area contributed by atoms with Crippen molar-refractivity contribution >= 4 is 17.9 Å². The minimum Gasteiger partial charge on any atom is -0.480 e. The van der Waals surface area contributed by atoms with E-state index in [1.54, 1.807) is 13.8 Å². The maximum absolute atomic E-state index is 10.0. The van der Waals surface area contributed by atoms with E-state index in [-0.39, 0.29) is 5.92 Å². The first-order valence-electron chi connectivity index (χ1n) is 3.64. The van der Waals surface area contributed by atoms with Crippen molar-refractivity contribution in [1.29, 1.82) is 0 Å². The Morgan fingerprint density at radius 2 is 1.29 bits per heavy atom. The number of carboxylic acid groups (broad SMARTS) is 3. The van der Waals surface area contributed by atoms with Crippen LogP contribution >= 0.6 is 0 Å². The lowest BCUT2D eigenvalue weighted by Gasteiger charge is -2.07. The van der Waals surface area contributed by atoms with Crippen LogP contribution in [-0.4, -0.2) is 39.3 Å². The summed E-state index contributed by atoms with van der Waals surface area (Å²) in [4.78, 5) is 28.2. The summed E-state index contributed by atoms with van der Waals surface area (Å²) in [6.07, 6.45) is 0. The van der Waals surface area contributed by atoms with E-state index in [0.29, 0.717) is 0 Å². The van der Waals surface area contributed by atoms with Crippen LogP contribution in [0.4, 0.5) is 0 Å². The van der Waals surface area contributed by atoms with E-state index in [1.807, 2.05) is 0 Å². The third-order valence-corrected chi connectivity index (χ3v) is 1.19. The second-order valence-corrected chi connectivity index (χ2v) is 2.72. The Labute approximate surface area is 80.1 Å². The summed E-state index contributed by atoms with van der Waals surface area (Å²) >= 11 is 0. The third kappa shape index (κ3) is 8.47. The van der Waals surface area contributed by atoms with Gasteiger partial charge >= 0.3 is 17.9 Å². The molecule has 0 fully saturated rings. The summed E-state index contributed by atoms with van der Waals surface area (Å²) in [6, 6.07) is -0.713. The van der Waals surface area contributed by atoms with Crippen molar-refractivity contribution in [3.05, 3.63) is 0 Å². The van der Waals surface area contributed by atoms with Crippen molar-refractivity contribution in [2.45, 2.75) is 19.9 Å². The van der Waals surface area contributed by atoms with Crippen LogP contribution in [-0.2, 0) is 14.4 Å². The fraction of sp³-hybridized carbons (Fsp3) is 0.571. The van der Waals surface area contributed by atoms with Crippen LogP contribution in [0.3, 0.4) is 0 Å². The molecule has 0 aliphatic heterocycles. The largest absolute Gasteiger partial charge is 0.480 e. The highest BCUT2D eigenvalue weighted by atomic mass is 16.4. The van der Waals surface area contributed by atoms with Gasteiger partial charge in [0.1, 0.15) is 6.04 Å². The lowest BCUT2D eigenvalue weighted by atomic mass is 10.1. The molecule has 0 unspecified atom stereocenters. The second-order valence-electron chi connectivity index (χ2n) is 2.72. The van der Waals surface area contributed by atoms with Crippen molar-refractivity contribution in [3.8, 4) is 0 Å². The highest BCUT2D eigenvalue weighted by molar-refractivity contribution is 6.27. The van der Waals surface area contributed by atoms with Gasteiger partial charge in [0.15, 0.2) is 0 Å². The van der Waals surface area contributed by atoms with Crippen molar-refractivity contribution in [2.75, 3.05) is 0 Å². The molecule has 0 amide bonds. The van der Waals surface area contributed by atoms with E-state index >= 15 is 0 Å². The zero-order chi connectivity index (χ0) is 11.9. The Morgan fingerprint density at radius 3 is 1.29 bits per heavy atom. The average molecular weight is 207 g/mol. The molecule has 82 valence electrons. The average Bonchev–Trinajstić information content (AvgIpc) is 2.03. The summed E-state index contributed by atoms with van der Waals surface area (Å²) in [5, 5.41) is 23.0. The Morgan fingerprint density at radius 1 is 1.00 bits per heavy atom. The number of carbonyl (C=O) groups is 3. The number of hydrogen-bond donors (Lipinski definition) is 4. The quantitative estimate of drug-likeness (QED) is 0.435. The molecule has 0 aromatic rings. The number of hydrogen-bond acceptors (Lipinski definition) is 4. The van der Waals surface area contributed by atoms with E-state index < -0.39 is 23.9 Å². The molecule has 0 aromatic carbocycles. The molecule has 0 bridgehead atoms. The first-order chi connectivity index (χ1) is 6.20. The van der Waals surface area contributed by atoms with Gasteiger partial charge in [0.05, 0.1) is 0 Å². The molecule has 5 N–H and O–H groups in total. The molecule has 0 aromatic heterocycles. The van der Waals surface area contributed by atoms with Gasteiger partial charge in [0.2, 0.25) is 0 Å². The maximum Gasteiger partial charge on any atom is 0.414 e. The van der Waals surface area contributed by atoms with Crippen LogP contribution in [0.25, 0.3) is 0 Å². The van der Waals surface area contributed by atoms with Gasteiger partial charge in [-0.15, -0.1) is 0 Å². The zero-order valence-electron chi connectivity index (χ0n) is 7.80. The Balaban J connectivity index is 0. The first-order valence-corrected chi connectivity index (χ1v) is 3.64. The van der Waals surface area contributed by atoms with Gasteiger partial charge in [-0.25, -0.2) is 9.59 Å². The normalized spacial score (nSPS) is 11.1. The second kappa shape index (κ2) is 6.84. The van der Waals surface area contributed by atoms with Crippen LogP contribution in [0.1, 0.15) is 13.8 Å². The highest BCUT2D eigenvalue weighted by Gasteiger charge is 2.14. The smallest absolute Gasteiger partial charge is 0.414 e. The van der Waals surface area contributed by atoms with Crippen LogP contribution in [0.2, 0.25) is 0 Å². The Bertz CT molecular complexity index is 212. The Kier molecular flexibility index (Phi) is 7.27. The molecule has 0 saturated carbocycles. The summed E-state index contributed by atoms with van der Waals surface area (Å²) < 4.78 is 0. The summed E-state index contributed by atoms with van der Waals surface area (Å²) in [7, 11) is 0. The van der Waals surface area contributed by atoms with E-state index in [1.165, 1.54) is 0 Å². The monoisotopic (exact) mass is 207 g/mol. The molecule has 0 heterocycles. The van der Waals surface area contributed by atoms with Crippen molar-refractivity contribution in [3.63, 3.8) is 0 Å². The highest BCUT2D eigenvalue weighted by Crippen LogP contribution is 1.96. The van der Waals surface area contributed by atoms with Gasteiger partial charge in [-0.05, 0) is 5.92 Å². The molecule has 1 atom stereocenters. The van der Waals surface area contributed by atoms with E-state index in [2.05, 4.69) is 0 Å². The number of nitrogens with two attached hydrogens (primary N) is 1. The van der Waals surface area contributed by atoms with Gasteiger partial charge in [-0.2, -0.15) is 0 Å². The molecular formula is C7H13NO6. The molecule has 14 heavy (non-hydrogen) atoms. The van der Waals surface area contributed by atoms with Crippen molar-refractivity contribution in [2.24, 2.45) is 11.7 Å². The molecule has 0 radical (unpaired) electrons. The maximum atomic E-state index is 10.0. The SMILES string of the molecule is CC(C)[C@H](N)C(=O)O.O=C(O)C(=O)O. The topological polar surface area (TPSA) is 138 Å². The first kappa shape index (κ1) is 14.9. The fourth-order valence-corrected chi connectivity index (χ4v) is 0.285. The number of aliphatic carboxylic acids is 3. The summed E-state index contributed by atoms with van der Waals surface area (Å²) in [6.45, 7) is 3.55. The lowest BCUT2D eigenvalue weighted by Crippen LogP contribution is -2.34. The van der Waals surface area contributed by atoms with Gasteiger partial charge in [-0.3, -0.25) is 4.79 Å². The van der Waals surface area contributed by atoms with Gasteiger partial charge in [0, 0.05) is 0 Å². The van der Waals surface area contributed by atoms with Crippen LogP contribution < -0.4 is 5.73 Å². The van der Waals surface area contributed by atoms with E-state index in [0.717, 1.165) is 0 Å². The molecule has 0 spiro atoms. The minimum absolute atomic E-state index is 0.0208. The van der Waals surface area contributed by atoms with Crippen LogP contribution in [0.5, 0.6) is 0 Å². The molecular weight excluding hydrogens is 194 g/mol. The zero-order valence-corrected chi connectivity index (χ0v) is 7.80.